The first-order chi connectivity index (χ1) is 8.18. The second-order valence-electron chi connectivity index (χ2n) is 4.39. The number of hydrogen-bond donors (Lipinski definition) is 1. The lowest BCUT2D eigenvalue weighted by molar-refractivity contribution is -0.128. The molecule has 0 saturated carbocycles. The molecule has 1 heterocycles. The number of rotatable bonds is 4. The largest absolute Gasteiger partial charge is 0.349 e. The fourth-order valence-corrected chi connectivity index (χ4v) is 3.10. The summed E-state index contributed by atoms with van der Waals surface area (Å²) in [6.07, 6.45) is 0.566. The molecule has 1 aliphatic rings. The molecule has 0 aliphatic carbocycles. The van der Waals surface area contributed by atoms with Gasteiger partial charge in [-0.25, -0.2) is 0 Å². The monoisotopic (exact) mass is 250 g/mol. The summed E-state index contributed by atoms with van der Waals surface area (Å²) < 4.78 is 0. The summed E-state index contributed by atoms with van der Waals surface area (Å²) in [5.41, 5.74) is 1.37. The molecule has 1 N–H and O–H groups in total. The van der Waals surface area contributed by atoms with Crippen LogP contribution in [0.25, 0.3) is 0 Å². The van der Waals surface area contributed by atoms with E-state index in [0.29, 0.717) is 12.5 Å². The molecule has 3 nitrogen and oxygen atoms in total. The van der Waals surface area contributed by atoms with Gasteiger partial charge in [-0.05, 0) is 11.6 Å². The quantitative estimate of drug-likeness (QED) is 0.886. The second-order valence-corrected chi connectivity index (χ2v) is 5.46. The van der Waals surface area contributed by atoms with E-state index in [2.05, 4.69) is 29.6 Å². The molecule has 0 saturated heterocycles. The van der Waals surface area contributed by atoms with E-state index < -0.39 is 0 Å². The summed E-state index contributed by atoms with van der Waals surface area (Å²) in [7, 11) is 3.59. The molecule has 0 spiro atoms. The molecular formula is C13H18N2OS. The molecular weight excluding hydrogens is 232 g/mol. The van der Waals surface area contributed by atoms with Gasteiger partial charge in [0.25, 0.3) is 0 Å². The van der Waals surface area contributed by atoms with Gasteiger partial charge >= 0.3 is 0 Å². The second kappa shape index (κ2) is 5.56. The summed E-state index contributed by atoms with van der Waals surface area (Å²) in [5.74, 6) is 1.24. The Balaban J connectivity index is 1.84. The average Bonchev–Trinajstić information content (AvgIpc) is 2.72. The van der Waals surface area contributed by atoms with Crippen molar-refractivity contribution in [3.8, 4) is 0 Å². The molecule has 1 amide bonds. The molecule has 4 heteroatoms. The molecule has 2 rings (SSSR count). The van der Waals surface area contributed by atoms with Crippen molar-refractivity contribution in [1.82, 2.24) is 10.2 Å². The van der Waals surface area contributed by atoms with Crippen molar-refractivity contribution in [1.29, 1.82) is 0 Å². The third-order valence-corrected chi connectivity index (χ3v) is 4.11. The summed E-state index contributed by atoms with van der Waals surface area (Å²) in [5, 5.41) is 3.46. The van der Waals surface area contributed by atoms with Crippen LogP contribution in [-0.4, -0.2) is 37.2 Å². The van der Waals surface area contributed by atoms with Crippen molar-refractivity contribution in [2.24, 2.45) is 0 Å². The van der Waals surface area contributed by atoms with Crippen molar-refractivity contribution in [2.75, 3.05) is 26.4 Å². The molecule has 0 aromatic heterocycles. The van der Waals surface area contributed by atoms with Crippen LogP contribution in [0.1, 0.15) is 18.0 Å². The number of carbonyl (C=O) groups is 1. The van der Waals surface area contributed by atoms with Crippen LogP contribution in [0.15, 0.2) is 29.2 Å². The zero-order chi connectivity index (χ0) is 12.3. The highest BCUT2D eigenvalue weighted by Gasteiger charge is 2.21. The maximum atomic E-state index is 11.4. The highest BCUT2D eigenvalue weighted by molar-refractivity contribution is 7.99. The predicted molar refractivity (Wildman–Crippen MR) is 71.2 cm³/mol. The van der Waals surface area contributed by atoms with E-state index in [4.69, 9.17) is 0 Å². The molecule has 1 aromatic rings. The number of benzene rings is 1. The van der Waals surface area contributed by atoms with Crippen LogP contribution in [0.5, 0.6) is 0 Å². The zero-order valence-electron chi connectivity index (χ0n) is 10.3. The van der Waals surface area contributed by atoms with E-state index in [-0.39, 0.29) is 5.91 Å². The fourth-order valence-electron chi connectivity index (χ4n) is 1.91. The zero-order valence-corrected chi connectivity index (χ0v) is 11.1. The van der Waals surface area contributed by atoms with Gasteiger partial charge in [0.1, 0.15) is 0 Å². The molecule has 17 heavy (non-hydrogen) atoms. The van der Waals surface area contributed by atoms with Crippen LogP contribution in [-0.2, 0) is 4.79 Å². The first-order valence-corrected chi connectivity index (χ1v) is 6.82. The fraction of sp³-hybridized carbons (Fsp3) is 0.462. The van der Waals surface area contributed by atoms with E-state index in [1.807, 2.05) is 11.8 Å². The molecule has 1 aliphatic heterocycles. The highest BCUT2D eigenvalue weighted by Crippen LogP contribution is 2.37. The number of amides is 1. The van der Waals surface area contributed by atoms with Gasteiger partial charge in [0.05, 0.1) is 0 Å². The number of carbonyl (C=O) groups excluding carboxylic acids is 1. The van der Waals surface area contributed by atoms with Crippen molar-refractivity contribution in [3.63, 3.8) is 0 Å². The van der Waals surface area contributed by atoms with Crippen LogP contribution in [0.2, 0.25) is 0 Å². The Morgan fingerprint density at radius 3 is 3.00 bits per heavy atom. The lowest BCUT2D eigenvalue weighted by atomic mass is 10.1. The maximum absolute atomic E-state index is 11.4. The van der Waals surface area contributed by atoms with Crippen LogP contribution < -0.4 is 5.32 Å². The van der Waals surface area contributed by atoms with E-state index in [0.717, 1.165) is 12.3 Å². The third-order valence-electron chi connectivity index (χ3n) is 2.93. The molecule has 92 valence electrons. The number of hydrogen-bond acceptors (Lipinski definition) is 3. The first-order valence-electron chi connectivity index (χ1n) is 5.84. The smallest absolute Gasteiger partial charge is 0.223 e. The lowest BCUT2D eigenvalue weighted by Gasteiger charge is -2.14. The Kier molecular flexibility index (Phi) is 4.07. The first kappa shape index (κ1) is 12.5. The van der Waals surface area contributed by atoms with Crippen LogP contribution in [0, 0.1) is 0 Å². The van der Waals surface area contributed by atoms with Crippen molar-refractivity contribution in [2.45, 2.75) is 17.4 Å². The Hall–Kier alpha value is -1.00. The van der Waals surface area contributed by atoms with Gasteiger partial charge < -0.3 is 10.2 Å². The number of fused-ring (bicyclic) bond motifs is 1. The minimum atomic E-state index is 0.177. The van der Waals surface area contributed by atoms with E-state index in [9.17, 15) is 4.79 Å². The van der Waals surface area contributed by atoms with Gasteiger partial charge in [0.15, 0.2) is 0 Å². The van der Waals surface area contributed by atoms with Crippen LogP contribution in [0.3, 0.4) is 0 Å². The van der Waals surface area contributed by atoms with Crippen molar-refractivity contribution < 1.29 is 4.79 Å². The molecule has 1 aromatic carbocycles. The molecule has 0 bridgehead atoms. The van der Waals surface area contributed by atoms with Gasteiger partial charge in [-0.15, -0.1) is 11.8 Å². The summed E-state index contributed by atoms with van der Waals surface area (Å²) in [4.78, 5) is 14.4. The summed E-state index contributed by atoms with van der Waals surface area (Å²) >= 11 is 1.88. The topological polar surface area (TPSA) is 32.3 Å². The molecule has 0 radical (unpaired) electrons. The normalized spacial score (nSPS) is 17.9. The minimum Gasteiger partial charge on any atom is -0.349 e. The SMILES string of the molecule is CN(C)C(=O)CCNC1CSc2ccccc21. The average molecular weight is 250 g/mol. The van der Waals surface area contributed by atoms with Gasteiger partial charge in [0, 0.05) is 43.8 Å². The number of thioether (sulfide) groups is 1. The molecule has 1 unspecified atom stereocenters. The van der Waals surface area contributed by atoms with Gasteiger partial charge in [-0.3, -0.25) is 4.79 Å². The Morgan fingerprint density at radius 1 is 1.47 bits per heavy atom. The van der Waals surface area contributed by atoms with Crippen LogP contribution in [0.4, 0.5) is 0 Å². The Bertz CT molecular complexity index is 406. The Morgan fingerprint density at radius 2 is 2.24 bits per heavy atom. The van der Waals surface area contributed by atoms with Crippen molar-refractivity contribution in [3.05, 3.63) is 29.8 Å². The minimum absolute atomic E-state index is 0.177. The van der Waals surface area contributed by atoms with E-state index in [1.54, 1.807) is 19.0 Å². The summed E-state index contributed by atoms with van der Waals surface area (Å²) in [6.45, 7) is 0.747. The van der Waals surface area contributed by atoms with E-state index >= 15 is 0 Å². The summed E-state index contributed by atoms with van der Waals surface area (Å²) in [6, 6.07) is 8.87. The maximum Gasteiger partial charge on any atom is 0.223 e. The highest BCUT2D eigenvalue weighted by atomic mass is 32.2. The predicted octanol–water partition coefficient (Wildman–Crippen LogP) is 1.90. The molecule has 0 fully saturated rings. The van der Waals surface area contributed by atoms with Gasteiger partial charge in [0.2, 0.25) is 5.91 Å². The van der Waals surface area contributed by atoms with E-state index in [1.165, 1.54) is 10.5 Å². The van der Waals surface area contributed by atoms with Gasteiger partial charge in [-0.2, -0.15) is 0 Å². The lowest BCUT2D eigenvalue weighted by Crippen LogP contribution is -2.29. The Labute approximate surface area is 107 Å². The number of nitrogens with one attached hydrogen (secondary N) is 1. The van der Waals surface area contributed by atoms with Gasteiger partial charge in [-0.1, -0.05) is 18.2 Å². The standard InChI is InChI=1S/C13H18N2OS/c1-15(2)13(16)7-8-14-11-9-17-12-6-4-3-5-10(11)12/h3-6,11,14H,7-9H2,1-2H3. The third kappa shape index (κ3) is 3.01. The number of nitrogens with zero attached hydrogens (tertiary/aromatic N) is 1. The van der Waals surface area contributed by atoms with Crippen LogP contribution >= 0.6 is 11.8 Å². The van der Waals surface area contributed by atoms with Crippen molar-refractivity contribution >= 4 is 17.7 Å². The molecule has 1 atom stereocenters.